The molecule has 25 heavy (non-hydrogen) atoms. The number of carbonyl (C=O) groups excluding carboxylic acids is 1. The first kappa shape index (κ1) is 17.8. The van der Waals surface area contributed by atoms with Crippen molar-refractivity contribution in [2.75, 3.05) is 19.7 Å². The minimum absolute atomic E-state index is 0.0452. The summed E-state index contributed by atoms with van der Waals surface area (Å²) in [4.78, 5) is 25.1. The molecule has 3 rings (SSSR count). The molecule has 3 unspecified atom stereocenters. The second-order valence-corrected chi connectivity index (χ2v) is 6.65. The average Bonchev–Trinajstić information content (AvgIpc) is 3.16. The summed E-state index contributed by atoms with van der Waals surface area (Å²) in [6.45, 7) is 1.05. The molecule has 0 spiro atoms. The third-order valence-electron chi connectivity index (χ3n) is 4.83. The number of carboxylic acid groups (broad SMARTS) is 1. The number of nitrogens with zero attached hydrogens (tertiary/aromatic N) is 1. The van der Waals surface area contributed by atoms with E-state index < -0.39 is 29.4 Å². The first-order valence-corrected chi connectivity index (χ1v) is 8.53. The maximum Gasteiger partial charge on any atom is 0.305 e. The van der Waals surface area contributed by atoms with Crippen LogP contribution in [0.15, 0.2) is 18.2 Å². The molecule has 0 aromatic heterocycles. The van der Waals surface area contributed by atoms with Crippen LogP contribution < -0.4 is 0 Å². The van der Waals surface area contributed by atoms with Crippen LogP contribution in [0.3, 0.4) is 0 Å². The normalized spacial score (nSPS) is 25.0. The second kappa shape index (κ2) is 7.47. The highest BCUT2D eigenvalue weighted by Gasteiger charge is 2.48. The number of halogens is 2. The van der Waals surface area contributed by atoms with Crippen LogP contribution in [0.4, 0.5) is 8.78 Å². The Morgan fingerprint density at radius 1 is 1.28 bits per heavy atom. The average molecular weight is 353 g/mol. The van der Waals surface area contributed by atoms with E-state index >= 15 is 0 Å². The zero-order chi connectivity index (χ0) is 18.0. The summed E-state index contributed by atoms with van der Waals surface area (Å²) < 4.78 is 33.3. The SMILES string of the molecule is O=C(O)CCN(CC1CCCO1)C(=O)C1CC1c1c(F)cccc1F. The summed E-state index contributed by atoms with van der Waals surface area (Å²) in [5.74, 6) is -3.50. The number of hydrogen-bond acceptors (Lipinski definition) is 3. The number of aliphatic carboxylic acids is 1. The van der Waals surface area contributed by atoms with Crippen molar-refractivity contribution < 1.29 is 28.2 Å². The zero-order valence-corrected chi connectivity index (χ0v) is 13.8. The number of amides is 1. The summed E-state index contributed by atoms with van der Waals surface area (Å²) in [6, 6.07) is 3.67. The van der Waals surface area contributed by atoms with Crippen LogP contribution in [0.2, 0.25) is 0 Å². The molecule has 1 N–H and O–H groups in total. The predicted molar refractivity (Wildman–Crippen MR) is 85.0 cm³/mol. The summed E-state index contributed by atoms with van der Waals surface area (Å²) in [6.07, 6.45) is 1.86. The Bertz CT molecular complexity index is 640. The Balaban J connectivity index is 1.68. The molecule has 2 fully saturated rings. The minimum atomic E-state index is -0.988. The van der Waals surface area contributed by atoms with Gasteiger partial charge in [0.2, 0.25) is 5.91 Å². The highest BCUT2D eigenvalue weighted by molar-refractivity contribution is 5.83. The summed E-state index contributed by atoms with van der Waals surface area (Å²) in [5, 5.41) is 8.89. The predicted octanol–water partition coefficient (Wildman–Crippen LogP) is 2.55. The van der Waals surface area contributed by atoms with Crippen molar-refractivity contribution in [2.45, 2.75) is 37.7 Å². The van der Waals surface area contributed by atoms with E-state index in [9.17, 15) is 18.4 Å². The van der Waals surface area contributed by atoms with Gasteiger partial charge in [-0.05, 0) is 31.4 Å². The molecule has 1 aromatic carbocycles. The van der Waals surface area contributed by atoms with Crippen LogP contribution in [0.1, 0.15) is 37.2 Å². The van der Waals surface area contributed by atoms with Crippen LogP contribution in [-0.2, 0) is 14.3 Å². The number of carboxylic acids is 1. The molecule has 5 nitrogen and oxygen atoms in total. The van der Waals surface area contributed by atoms with Crippen molar-refractivity contribution in [1.29, 1.82) is 0 Å². The van der Waals surface area contributed by atoms with Gasteiger partial charge in [-0.15, -0.1) is 0 Å². The molecule has 136 valence electrons. The molecular formula is C18H21F2NO4. The molecule has 1 amide bonds. The van der Waals surface area contributed by atoms with Crippen molar-refractivity contribution in [2.24, 2.45) is 5.92 Å². The Labute approximate surface area is 144 Å². The molecule has 2 aliphatic rings. The number of hydrogen-bond donors (Lipinski definition) is 1. The first-order valence-electron chi connectivity index (χ1n) is 8.53. The highest BCUT2D eigenvalue weighted by Crippen LogP contribution is 2.50. The van der Waals surface area contributed by atoms with Crippen molar-refractivity contribution in [3.05, 3.63) is 35.4 Å². The highest BCUT2D eigenvalue weighted by atomic mass is 19.1. The van der Waals surface area contributed by atoms with Gasteiger partial charge in [0.15, 0.2) is 0 Å². The van der Waals surface area contributed by atoms with E-state index in [2.05, 4.69) is 0 Å². The summed E-state index contributed by atoms with van der Waals surface area (Å²) in [5.41, 5.74) is -0.0452. The maximum absolute atomic E-state index is 13.9. The van der Waals surface area contributed by atoms with Crippen LogP contribution in [0.25, 0.3) is 0 Å². The summed E-state index contributed by atoms with van der Waals surface area (Å²) in [7, 11) is 0. The fourth-order valence-corrected chi connectivity index (χ4v) is 3.44. The molecule has 0 bridgehead atoms. The lowest BCUT2D eigenvalue weighted by Gasteiger charge is -2.25. The largest absolute Gasteiger partial charge is 0.481 e. The van der Waals surface area contributed by atoms with Gasteiger partial charge in [-0.1, -0.05) is 6.07 Å². The van der Waals surface area contributed by atoms with E-state index in [1.165, 1.54) is 23.1 Å². The fraction of sp³-hybridized carbons (Fsp3) is 0.556. The quantitative estimate of drug-likeness (QED) is 0.818. The molecule has 1 heterocycles. The van der Waals surface area contributed by atoms with Gasteiger partial charge in [-0.3, -0.25) is 9.59 Å². The molecule has 1 saturated carbocycles. The minimum Gasteiger partial charge on any atom is -0.481 e. The molecule has 1 aliphatic carbocycles. The Morgan fingerprint density at radius 2 is 2.00 bits per heavy atom. The van der Waals surface area contributed by atoms with E-state index in [0.29, 0.717) is 19.6 Å². The third kappa shape index (κ3) is 4.15. The van der Waals surface area contributed by atoms with Crippen LogP contribution >= 0.6 is 0 Å². The van der Waals surface area contributed by atoms with Gasteiger partial charge in [0, 0.05) is 37.1 Å². The Morgan fingerprint density at radius 3 is 2.60 bits per heavy atom. The second-order valence-electron chi connectivity index (χ2n) is 6.65. The zero-order valence-electron chi connectivity index (χ0n) is 13.8. The fourth-order valence-electron chi connectivity index (χ4n) is 3.44. The van der Waals surface area contributed by atoms with Gasteiger partial charge >= 0.3 is 5.97 Å². The molecule has 0 radical (unpaired) electrons. The van der Waals surface area contributed by atoms with Crippen LogP contribution in [0, 0.1) is 17.6 Å². The third-order valence-corrected chi connectivity index (χ3v) is 4.83. The smallest absolute Gasteiger partial charge is 0.305 e. The van der Waals surface area contributed by atoms with Crippen molar-refractivity contribution in [3.8, 4) is 0 Å². The first-order chi connectivity index (χ1) is 12.0. The monoisotopic (exact) mass is 353 g/mol. The summed E-state index contributed by atoms with van der Waals surface area (Å²) >= 11 is 0. The maximum atomic E-state index is 13.9. The number of rotatable bonds is 7. The van der Waals surface area contributed by atoms with E-state index in [0.717, 1.165) is 12.8 Å². The van der Waals surface area contributed by atoms with E-state index in [-0.39, 0.29) is 30.5 Å². The lowest BCUT2D eigenvalue weighted by Crippen LogP contribution is -2.40. The van der Waals surface area contributed by atoms with Gasteiger partial charge in [0.05, 0.1) is 12.5 Å². The van der Waals surface area contributed by atoms with Gasteiger partial charge < -0.3 is 14.7 Å². The van der Waals surface area contributed by atoms with Gasteiger partial charge in [0.25, 0.3) is 0 Å². The van der Waals surface area contributed by atoms with Crippen molar-refractivity contribution in [1.82, 2.24) is 4.90 Å². The van der Waals surface area contributed by atoms with Gasteiger partial charge in [-0.25, -0.2) is 8.78 Å². The Kier molecular flexibility index (Phi) is 5.32. The van der Waals surface area contributed by atoms with E-state index in [1.807, 2.05) is 0 Å². The van der Waals surface area contributed by atoms with Crippen molar-refractivity contribution in [3.63, 3.8) is 0 Å². The molecule has 3 atom stereocenters. The van der Waals surface area contributed by atoms with Gasteiger partial charge in [-0.2, -0.15) is 0 Å². The molecule has 1 saturated heterocycles. The lowest BCUT2D eigenvalue weighted by atomic mass is 10.1. The lowest BCUT2D eigenvalue weighted by molar-refractivity contribution is -0.139. The van der Waals surface area contributed by atoms with Crippen molar-refractivity contribution >= 4 is 11.9 Å². The molecule has 1 aromatic rings. The van der Waals surface area contributed by atoms with Crippen LogP contribution in [-0.4, -0.2) is 47.7 Å². The topological polar surface area (TPSA) is 66.8 Å². The van der Waals surface area contributed by atoms with E-state index in [1.54, 1.807) is 0 Å². The number of carbonyl (C=O) groups is 2. The molecule has 1 aliphatic heterocycles. The Hall–Kier alpha value is -2.02. The van der Waals surface area contributed by atoms with Crippen LogP contribution in [0.5, 0.6) is 0 Å². The molecular weight excluding hydrogens is 332 g/mol. The number of ether oxygens (including phenoxy) is 1. The van der Waals surface area contributed by atoms with E-state index in [4.69, 9.17) is 9.84 Å². The van der Waals surface area contributed by atoms with Gasteiger partial charge in [0.1, 0.15) is 11.6 Å². The molecule has 7 heteroatoms. The standard InChI is InChI=1S/C18H21F2NO4/c19-14-4-1-5-15(20)17(14)12-9-13(12)18(24)21(7-6-16(22)23)10-11-3-2-8-25-11/h1,4-5,11-13H,2-3,6-10H2,(H,22,23). The number of benzene rings is 1.